The normalized spacial score (nSPS) is 17.5. The van der Waals surface area contributed by atoms with Crippen LogP contribution in [0.1, 0.15) is 18.5 Å². The topological polar surface area (TPSA) is 114 Å². The molecule has 0 radical (unpaired) electrons. The van der Waals surface area contributed by atoms with Crippen molar-refractivity contribution >= 4 is 29.0 Å². The minimum absolute atomic E-state index is 0.260. The summed E-state index contributed by atoms with van der Waals surface area (Å²) in [5.74, 6) is -1.04. The molecule has 0 unspecified atom stereocenters. The molecule has 8 nitrogen and oxygen atoms in total. The number of nitrogens with zero attached hydrogens (tertiary/aromatic N) is 1. The van der Waals surface area contributed by atoms with Crippen LogP contribution in [0.4, 0.5) is 5.69 Å². The Bertz CT molecular complexity index is 701. The molecule has 0 aromatic heterocycles. The van der Waals surface area contributed by atoms with E-state index < -0.39 is 28.4 Å². The Labute approximate surface area is 130 Å². The number of thiocarbonyl (C=S) groups is 1. The molecule has 2 rings (SSSR count). The molecule has 1 heterocycles. The first-order chi connectivity index (χ1) is 10.3. The van der Waals surface area contributed by atoms with Gasteiger partial charge in [0.25, 0.3) is 0 Å². The van der Waals surface area contributed by atoms with E-state index in [9.17, 15) is 20.0 Å². The number of phenols is 1. The summed E-state index contributed by atoms with van der Waals surface area (Å²) in [7, 11) is 1.24. The highest BCUT2D eigenvalue weighted by molar-refractivity contribution is 7.80. The number of hydrogen-bond donors (Lipinski definition) is 3. The van der Waals surface area contributed by atoms with Crippen LogP contribution in [0.5, 0.6) is 5.75 Å². The lowest BCUT2D eigenvalue weighted by molar-refractivity contribution is -0.385. The molecule has 9 heteroatoms. The van der Waals surface area contributed by atoms with Crippen molar-refractivity contribution in [2.75, 3.05) is 7.11 Å². The monoisotopic (exact) mass is 323 g/mol. The zero-order chi connectivity index (χ0) is 16.4. The Morgan fingerprint density at radius 1 is 1.50 bits per heavy atom. The molecule has 1 atom stereocenters. The van der Waals surface area contributed by atoms with Gasteiger partial charge in [0.1, 0.15) is 0 Å². The van der Waals surface area contributed by atoms with E-state index in [-0.39, 0.29) is 10.7 Å². The van der Waals surface area contributed by atoms with Gasteiger partial charge in [-0.25, -0.2) is 4.79 Å². The molecule has 1 aromatic rings. The first-order valence-corrected chi connectivity index (χ1v) is 6.60. The number of phenolic OH excluding ortho intramolecular Hbond substituents is 1. The number of esters is 1. The smallest absolute Gasteiger partial charge is 0.337 e. The molecule has 3 N–H and O–H groups in total. The maximum Gasteiger partial charge on any atom is 0.337 e. The molecule has 0 aliphatic carbocycles. The average Bonchev–Trinajstić information content (AvgIpc) is 2.46. The van der Waals surface area contributed by atoms with Crippen LogP contribution < -0.4 is 10.6 Å². The number of aromatic hydroxyl groups is 1. The lowest BCUT2D eigenvalue weighted by Gasteiger charge is -2.29. The summed E-state index contributed by atoms with van der Waals surface area (Å²) in [5.41, 5.74) is 0.714. The molecule has 0 fully saturated rings. The molecule has 0 amide bonds. The van der Waals surface area contributed by atoms with Crippen molar-refractivity contribution in [1.29, 1.82) is 0 Å². The van der Waals surface area contributed by atoms with Gasteiger partial charge in [-0.15, -0.1) is 0 Å². The quantitative estimate of drug-likeness (QED) is 0.330. The SMILES string of the molecule is COC(=O)C1=C(C)NC(=S)N[C@@H]1c1ccc(O)c([N+](=O)[O-])c1. The maximum atomic E-state index is 12.0. The van der Waals surface area contributed by atoms with Crippen LogP contribution in [-0.4, -0.2) is 28.2 Å². The summed E-state index contributed by atoms with van der Waals surface area (Å²) >= 11 is 5.05. The van der Waals surface area contributed by atoms with Gasteiger partial charge in [-0.3, -0.25) is 10.1 Å². The molecule has 0 saturated heterocycles. The second-order valence-electron chi connectivity index (χ2n) is 4.57. The number of nitro groups is 1. The molecular weight excluding hydrogens is 310 g/mol. The number of nitro benzene ring substituents is 1. The van der Waals surface area contributed by atoms with E-state index in [0.29, 0.717) is 11.3 Å². The molecule has 0 spiro atoms. The van der Waals surface area contributed by atoms with Crippen molar-refractivity contribution in [3.05, 3.63) is 45.1 Å². The van der Waals surface area contributed by atoms with Gasteiger partial charge in [-0.1, -0.05) is 6.07 Å². The molecule has 1 aliphatic heterocycles. The number of nitrogens with one attached hydrogen (secondary N) is 2. The predicted molar refractivity (Wildman–Crippen MR) is 81.1 cm³/mol. The number of methoxy groups -OCH3 is 1. The van der Waals surface area contributed by atoms with Gasteiger partial charge >= 0.3 is 11.7 Å². The third-order valence-corrected chi connectivity index (χ3v) is 3.42. The fourth-order valence-corrected chi connectivity index (χ4v) is 2.46. The Balaban J connectivity index is 2.55. The highest BCUT2D eigenvalue weighted by atomic mass is 32.1. The summed E-state index contributed by atoms with van der Waals surface area (Å²) < 4.78 is 4.75. The van der Waals surface area contributed by atoms with Gasteiger partial charge in [0.2, 0.25) is 0 Å². The summed E-state index contributed by atoms with van der Waals surface area (Å²) in [6.07, 6.45) is 0. The minimum atomic E-state index is -0.708. The van der Waals surface area contributed by atoms with Crippen molar-refractivity contribution in [2.45, 2.75) is 13.0 Å². The molecule has 116 valence electrons. The molecule has 1 aromatic carbocycles. The number of ether oxygens (including phenoxy) is 1. The van der Waals surface area contributed by atoms with Crippen LogP contribution in [0.15, 0.2) is 29.5 Å². The highest BCUT2D eigenvalue weighted by Gasteiger charge is 2.31. The number of carbonyl (C=O) groups excluding carboxylic acids is 1. The Hall–Kier alpha value is -2.68. The summed E-state index contributed by atoms with van der Waals surface area (Å²) in [6, 6.07) is 3.16. The van der Waals surface area contributed by atoms with Gasteiger partial charge in [-0.2, -0.15) is 0 Å². The first kappa shape index (κ1) is 15.7. The standard InChI is InChI=1S/C13H13N3O5S/c1-6-10(12(18)21-2)11(15-13(22)14-6)7-3-4-9(17)8(5-7)16(19)20/h3-5,11,17H,1-2H3,(H2,14,15,22)/t11-/m1/s1. The van der Waals surface area contributed by atoms with Gasteiger partial charge in [0, 0.05) is 11.8 Å². The lowest BCUT2D eigenvalue weighted by atomic mass is 9.95. The number of rotatable bonds is 3. The van der Waals surface area contributed by atoms with Crippen LogP contribution in [0.2, 0.25) is 0 Å². The minimum Gasteiger partial charge on any atom is -0.502 e. The van der Waals surface area contributed by atoms with Gasteiger partial charge in [0.15, 0.2) is 10.9 Å². The number of carbonyl (C=O) groups is 1. The Kier molecular flexibility index (Phi) is 4.27. The van der Waals surface area contributed by atoms with Crippen molar-refractivity contribution in [1.82, 2.24) is 10.6 Å². The zero-order valence-electron chi connectivity index (χ0n) is 11.7. The van der Waals surface area contributed by atoms with Crippen LogP contribution >= 0.6 is 12.2 Å². The first-order valence-electron chi connectivity index (χ1n) is 6.19. The average molecular weight is 323 g/mol. The van der Waals surface area contributed by atoms with Gasteiger partial charge in [-0.05, 0) is 30.8 Å². The van der Waals surface area contributed by atoms with Crippen molar-refractivity contribution < 1.29 is 19.6 Å². The van der Waals surface area contributed by atoms with E-state index in [0.717, 1.165) is 0 Å². The van der Waals surface area contributed by atoms with Crippen molar-refractivity contribution in [3.8, 4) is 5.75 Å². The number of allylic oxidation sites excluding steroid dienone is 1. The van der Waals surface area contributed by atoms with Crippen LogP contribution in [0.3, 0.4) is 0 Å². The van der Waals surface area contributed by atoms with E-state index >= 15 is 0 Å². The second kappa shape index (κ2) is 5.98. The number of hydrogen-bond acceptors (Lipinski definition) is 6. The summed E-state index contributed by atoms with van der Waals surface area (Å²) in [4.78, 5) is 22.2. The van der Waals surface area contributed by atoms with Crippen LogP contribution in [-0.2, 0) is 9.53 Å². The van der Waals surface area contributed by atoms with E-state index in [2.05, 4.69) is 10.6 Å². The summed E-state index contributed by atoms with van der Waals surface area (Å²) in [5, 5.41) is 26.4. The third-order valence-electron chi connectivity index (χ3n) is 3.20. The maximum absolute atomic E-state index is 12.0. The summed E-state index contributed by atoms with van der Waals surface area (Å²) in [6.45, 7) is 1.65. The number of benzene rings is 1. The van der Waals surface area contributed by atoms with Crippen LogP contribution in [0, 0.1) is 10.1 Å². The Morgan fingerprint density at radius 3 is 2.77 bits per heavy atom. The van der Waals surface area contributed by atoms with Crippen molar-refractivity contribution in [3.63, 3.8) is 0 Å². The van der Waals surface area contributed by atoms with Gasteiger partial charge in [0.05, 0.1) is 23.6 Å². The van der Waals surface area contributed by atoms with Crippen molar-refractivity contribution in [2.24, 2.45) is 0 Å². The molecule has 1 aliphatic rings. The lowest BCUT2D eigenvalue weighted by Crippen LogP contribution is -2.45. The van der Waals surface area contributed by atoms with Crippen LogP contribution in [0.25, 0.3) is 0 Å². The molecule has 22 heavy (non-hydrogen) atoms. The largest absolute Gasteiger partial charge is 0.502 e. The van der Waals surface area contributed by atoms with Gasteiger partial charge < -0.3 is 20.5 Å². The highest BCUT2D eigenvalue weighted by Crippen LogP contribution is 2.33. The Morgan fingerprint density at radius 2 is 2.18 bits per heavy atom. The third kappa shape index (κ3) is 2.84. The fourth-order valence-electron chi connectivity index (χ4n) is 2.19. The second-order valence-corrected chi connectivity index (χ2v) is 4.98. The zero-order valence-corrected chi connectivity index (χ0v) is 12.6. The fraction of sp³-hybridized carbons (Fsp3) is 0.231. The predicted octanol–water partition coefficient (Wildman–Crippen LogP) is 1.27. The molecule has 0 bridgehead atoms. The molecule has 0 saturated carbocycles. The van der Waals surface area contributed by atoms with E-state index in [1.165, 1.54) is 25.3 Å². The van der Waals surface area contributed by atoms with E-state index in [1.54, 1.807) is 6.92 Å². The molecular formula is C13H13N3O5S. The van der Waals surface area contributed by atoms with E-state index in [1.807, 2.05) is 0 Å². The van der Waals surface area contributed by atoms with E-state index in [4.69, 9.17) is 17.0 Å².